The van der Waals surface area contributed by atoms with Crippen molar-refractivity contribution in [2.45, 2.75) is 26.0 Å². The Morgan fingerprint density at radius 3 is 2.38 bits per heavy atom. The van der Waals surface area contributed by atoms with Gasteiger partial charge >= 0.3 is 5.69 Å². The molecule has 0 atom stereocenters. The number of hydrogen-bond donors (Lipinski definition) is 2. The number of nitro groups is 1. The lowest BCUT2D eigenvalue weighted by molar-refractivity contribution is -0.385. The number of nitrogens with one attached hydrogen (secondary N) is 2. The van der Waals surface area contributed by atoms with Crippen molar-refractivity contribution in [3.63, 3.8) is 0 Å². The van der Waals surface area contributed by atoms with E-state index in [1.165, 1.54) is 44.2 Å². The molecule has 0 saturated carbocycles. The van der Waals surface area contributed by atoms with E-state index in [1.807, 2.05) is 0 Å². The molecule has 2 amide bonds. The number of benzene rings is 2. The second-order valence-electron chi connectivity index (χ2n) is 7.66. The number of nitrogens with zero attached hydrogens (tertiary/aromatic N) is 1. The lowest BCUT2D eigenvalue weighted by Crippen LogP contribution is -2.42. The zero-order chi connectivity index (χ0) is 25.1. The molecule has 0 bridgehead atoms. The van der Waals surface area contributed by atoms with E-state index in [4.69, 9.17) is 14.2 Å². The van der Waals surface area contributed by atoms with E-state index in [0.717, 1.165) is 6.42 Å². The van der Waals surface area contributed by atoms with Gasteiger partial charge in [0.15, 0.2) is 17.2 Å². The fraction of sp³-hybridized carbons (Fsp3) is 0.391. The van der Waals surface area contributed by atoms with Gasteiger partial charge in [-0.2, -0.15) is 0 Å². The van der Waals surface area contributed by atoms with Crippen LogP contribution in [0.4, 0.5) is 5.69 Å². The summed E-state index contributed by atoms with van der Waals surface area (Å²) in [5.74, 6) is 1.15. The first kappa shape index (κ1) is 26.8. The van der Waals surface area contributed by atoms with Gasteiger partial charge in [-0.25, -0.2) is 0 Å². The minimum Gasteiger partial charge on any atom is -0.493 e. The van der Waals surface area contributed by atoms with Crippen LogP contribution in [0.25, 0.3) is 0 Å². The van der Waals surface area contributed by atoms with E-state index in [-0.39, 0.29) is 17.2 Å². The number of nitro benzene ring substituents is 1. The number of rotatable bonds is 12. The summed E-state index contributed by atoms with van der Waals surface area (Å²) in [5.41, 5.74) is 5.56. The van der Waals surface area contributed by atoms with Crippen molar-refractivity contribution >= 4 is 29.3 Å². The van der Waals surface area contributed by atoms with Crippen molar-refractivity contribution in [3.8, 4) is 17.2 Å². The van der Waals surface area contributed by atoms with Gasteiger partial charge in [-0.15, -0.1) is 11.8 Å². The highest BCUT2D eigenvalue weighted by atomic mass is 32.2. The van der Waals surface area contributed by atoms with Crippen LogP contribution in [0.2, 0.25) is 0 Å². The summed E-state index contributed by atoms with van der Waals surface area (Å²) < 4.78 is 16.0. The predicted molar refractivity (Wildman–Crippen MR) is 129 cm³/mol. The topological polar surface area (TPSA) is 129 Å². The molecule has 0 fully saturated rings. The van der Waals surface area contributed by atoms with E-state index >= 15 is 0 Å². The van der Waals surface area contributed by atoms with E-state index in [0.29, 0.717) is 40.9 Å². The molecule has 34 heavy (non-hydrogen) atoms. The highest BCUT2D eigenvalue weighted by molar-refractivity contribution is 7.99. The van der Waals surface area contributed by atoms with Crippen LogP contribution in [0.3, 0.4) is 0 Å². The molecule has 2 N–H and O–H groups in total. The second kappa shape index (κ2) is 13.3. The molecule has 2 rings (SSSR count). The first-order chi connectivity index (χ1) is 16.2. The molecule has 0 aromatic heterocycles. The molecule has 184 valence electrons. The Balaban J connectivity index is 1.83. The average Bonchev–Trinajstić information content (AvgIpc) is 2.82. The van der Waals surface area contributed by atoms with Crippen molar-refractivity contribution < 1.29 is 28.7 Å². The van der Waals surface area contributed by atoms with Crippen LogP contribution in [0.15, 0.2) is 36.4 Å². The third kappa shape index (κ3) is 8.14. The maximum atomic E-state index is 12.4. The number of carbonyl (C=O) groups is 2. The Kier molecular flexibility index (Phi) is 10.5. The number of thioether (sulfide) groups is 1. The van der Waals surface area contributed by atoms with Crippen LogP contribution >= 0.6 is 11.8 Å². The van der Waals surface area contributed by atoms with Crippen LogP contribution in [0.1, 0.15) is 36.2 Å². The van der Waals surface area contributed by atoms with Crippen LogP contribution < -0.4 is 25.1 Å². The molecule has 0 saturated heterocycles. The van der Waals surface area contributed by atoms with Crippen molar-refractivity contribution in [3.05, 3.63) is 57.6 Å². The number of carbonyl (C=O) groups excluding carboxylic acids is 2. The highest BCUT2D eigenvalue weighted by Crippen LogP contribution is 2.29. The second-order valence-corrected chi connectivity index (χ2v) is 8.64. The standard InChI is InChI=1S/C23H29N3O7S/c1-15(2)9-10-33-20-8-6-17(12-21(20)32-4)23(28)25-24-22(27)14-34-13-16-5-7-19(31-3)18(11-16)26(29)30/h5-8,11-12,15H,9-10,13-14H2,1-4H3,(H,24,27)(H,25,28). The van der Waals surface area contributed by atoms with E-state index in [2.05, 4.69) is 24.7 Å². The third-order valence-electron chi connectivity index (χ3n) is 4.64. The molecule has 0 spiro atoms. The normalized spacial score (nSPS) is 10.5. The smallest absolute Gasteiger partial charge is 0.311 e. The highest BCUT2D eigenvalue weighted by Gasteiger charge is 2.16. The lowest BCUT2D eigenvalue weighted by Gasteiger charge is -2.13. The minimum atomic E-state index is -0.519. The molecule has 2 aromatic rings. The molecule has 0 heterocycles. The zero-order valence-electron chi connectivity index (χ0n) is 19.6. The molecule has 0 radical (unpaired) electrons. The molecular weight excluding hydrogens is 462 g/mol. The third-order valence-corrected chi connectivity index (χ3v) is 5.64. The lowest BCUT2D eigenvalue weighted by atomic mass is 10.1. The molecule has 0 aliphatic heterocycles. The minimum absolute atomic E-state index is 0.0477. The summed E-state index contributed by atoms with van der Waals surface area (Å²) in [4.78, 5) is 35.1. The van der Waals surface area contributed by atoms with Crippen molar-refractivity contribution in [1.29, 1.82) is 0 Å². The van der Waals surface area contributed by atoms with Gasteiger partial charge in [0.1, 0.15) is 0 Å². The van der Waals surface area contributed by atoms with Crippen molar-refractivity contribution in [2.75, 3.05) is 26.6 Å². The van der Waals surface area contributed by atoms with Crippen molar-refractivity contribution in [1.82, 2.24) is 10.9 Å². The first-order valence-corrected chi connectivity index (χ1v) is 11.7. The molecular formula is C23H29N3O7S. The maximum Gasteiger partial charge on any atom is 0.311 e. The molecule has 0 aliphatic carbocycles. The van der Waals surface area contributed by atoms with Gasteiger partial charge in [0.25, 0.3) is 5.91 Å². The summed E-state index contributed by atoms with van der Waals surface area (Å²) in [6.45, 7) is 4.75. The number of amides is 2. The van der Waals surface area contributed by atoms with Gasteiger partial charge in [-0.3, -0.25) is 30.6 Å². The Morgan fingerprint density at radius 2 is 1.74 bits per heavy atom. The van der Waals surface area contributed by atoms with Crippen molar-refractivity contribution in [2.24, 2.45) is 5.92 Å². The van der Waals surface area contributed by atoms with Gasteiger partial charge in [-0.1, -0.05) is 19.9 Å². The Hall–Kier alpha value is -3.47. The molecule has 0 unspecified atom stereocenters. The van der Waals surface area contributed by atoms with Gasteiger partial charge in [0, 0.05) is 17.4 Å². The monoisotopic (exact) mass is 491 g/mol. The fourth-order valence-corrected chi connectivity index (χ4v) is 3.57. The van der Waals surface area contributed by atoms with Gasteiger partial charge in [-0.05, 0) is 42.2 Å². The summed E-state index contributed by atoms with van der Waals surface area (Å²) in [6, 6.07) is 9.40. The molecule has 11 heteroatoms. The van der Waals surface area contributed by atoms with E-state index in [9.17, 15) is 19.7 Å². The number of ether oxygens (including phenoxy) is 3. The van der Waals surface area contributed by atoms with Crippen LogP contribution in [0.5, 0.6) is 17.2 Å². The average molecular weight is 492 g/mol. The quantitative estimate of drug-likeness (QED) is 0.339. The van der Waals surface area contributed by atoms with Gasteiger partial charge in [0.2, 0.25) is 5.91 Å². The molecule has 0 aliphatic rings. The van der Waals surface area contributed by atoms with Gasteiger partial charge in [0.05, 0.1) is 31.5 Å². The fourth-order valence-electron chi connectivity index (χ4n) is 2.80. The Labute approximate surface area is 202 Å². The number of hydrogen-bond acceptors (Lipinski definition) is 8. The summed E-state index contributed by atoms with van der Waals surface area (Å²) >= 11 is 1.25. The zero-order valence-corrected chi connectivity index (χ0v) is 20.4. The van der Waals surface area contributed by atoms with Crippen LogP contribution in [0, 0.1) is 16.0 Å². The van der Waals surface area contributed by atoms with Crippen LogP contribution in [-0.2, 0) is 10.5 Å². The number of hydrazine groups is 1. The van der Waals surface area contributed by atoms with E-state index in [1.54, 1.807) is 18.2 Å². The molecule has 10 nitrogen and oxygen atoms in total. The predicted octanol–water partition coefficient (Wildman–Crippen LogP) is 3.73. The Morgan fingerprint density at radius 1 is 1.03 bits per heavy atom. The van der Waals surface area contributed by atoms with Crippen LogP contribution in [-0.4, -0.2) is 43.3 Å². The van der Waals surface area contributed by atoms with E-state index < -0.39 is 16.7 Å². The Bertz CT molecular complexity index is 1010. The largest absolute Gasteiger partial charge is 0.493 e. The summed E-state index contributed by atoms with van der Waals surface area (Å²) in [6.07, 6.45) is 0.894. The van der Waals surface area contributed by atoms with Gasteiger partial charge < -0.3 is 14.2 Å². The molecule has 2 aromatic carbocycles. The number of methoxy groups -OCH3 is 2. The maximum absolute atomic E-state index is 12.4. The summed E-state index contributed by atoms with van der Waals surface area (Å²) in [7, 11) is 2.85. The SMILES string of the molecule is COc1cc(C(=O)NNC(=O)CSCc2ccc(OC)c([N+](=O)[O-])c2)ccc1OCCC(C)C. The first-order valence-electron chi connectivity index (χ1n) is 10.5. The summed E-state index contributed by atoms with van der Waals surface area (Å²) in [5, 5.41) is 11.1.